The number of rotatable bonds is 6. The van der Waals surface area contributed by atoms with Gasteiger partial charge in [0.05, 0.1) is 12.7 Å². The zero-order chi connectivity index (χ0) is 11.1. The Kier molecular flexibility index (Phi) is 6.17. The summed E-state index contributed by atoms with van der Waals surface area (Å²) in [6, 6.07) is 0.371. The van der Waals surface area contributed by atoms with Crippen LogP contribution in [0.15, 0.2) is 0 Å². The Bertz CT molecular complexity index is 167. The molecule has 1 fully saturated rings. The van der Waals surface area contributed by atoms with Crippen molar-refractivity contribution in [2.75, 3.05) is 39.4 Å². The number of nitrogens with one attached hydrogen (secondary N) is 1. The van der Waals surface area contributed by atoms with Crippen LogP contribution in [0.3, 0.4) is 0 Å². The lowest BCUT2D eigenvalue weighted by atomic mass is 10.2. The lowest BCUT2D eigenvalue weighted by Gasteiger charge is -2.32. The molecular weight excluding hydrogens is 192 g/mol. The van der Waals surface area contributed by atoms with Gasteiger partial charge in [0.2, 0.25) is 0 Å². The lowest BCUT2D eigenvalue weighted by molar-refractivity contribution is -0.0263. The van der Waals surface area contributed by atoms with Crippen LogP contribution in [0.4, 0.5) is 0 Å². The van der Waals surface area contributed by atoms with Gasteiger partial charge in [0, 0.05) is 32.3 Å². The first kappa shape index (κ1) is 12.9. The minimum Gasteiger partial charge on any atom is -0.396 e. The summed E-state index contributed by atoms with van der Waals surface area (Å²) in [4.78, 5) is 2.41. The number of morpholine rings is 1. The minimum atomic E-state index is 0.251. The molecular formula is C11H24N2O2. The van der Waals surface area contributed by atoms with Crippen LogP contribution < -0.4 is 5.32 Å². The van der Waals surface area contributed by atoms with Crippen molar-refractivity contribution in [3.05, 3.63) is 0 Å². The van der Waals surface area contributed by atoms with E-state index in [-0.39, 0.29) is 6.61 Å². The Morgan fingerprint density at radius 1 is 1.60 bits per heavy atom. The molecule has 0 saturated carbocycles. The molecule has 0 aromatic carbocycles. The quantitative estimate of drug-likeness (QED) is 0.659. The molecule has 4 nitrogen and oxygen atoms in total. The van der Waals surface area contributed by atoms with Crippen molar-refractivity contribution in [2.45, 2.75) is 32.4 Å². The fourth-order valence-corrected chi connectivity index (χ4v) is 1.82. The molecule has 1 aliphatic rings. The predicted molar refractivity (Wildman–Crippen MR) is 61.0 cm³/mol. The van der Waals surface area contributed by atoms with Crippen LogP contribution in [0, 0.1) is 0 Å². The topological polar surface area (TPSA) is 44.7 Å². The Labute approximate surface area is 92.6 Å². The summed E-state index contributed by atoms with van der Waals surface area (Å²) < 4.78 is 5.67. The average molecular weight is 216 g/mol. The van der Waals surface area contributed by atoms with Gasteiger partial charge in [0.1, 0.15) is 0 Å². The van der Waals surface area contributed by atoms with E-state index in [4.69, 9.17) is 9.84 Å². The maximum atomic E-state index is 8.77. The third-order valence-corrected chi connectivity index (χ3v) is 2.93. The Morgan fingerprint density at radius 2 is 2.40 bits per heavy atom. The number of hydrogen-bond acceptors (Lipinski definition) is 4. The summed E-state index contributed by atoms with van der Waals surface area (Å²) in [5.41, 5.74) is 0. The maximum absolute atomic E-state index is 8.77. The van der Waals surface area contributed by atoms with E-state index < -0.39 is 0 Å². The highest BCUT2D eigenvalue weighted by molar-refractivity contribution is 4.74. The molecule has 0 bridgehead atoms. The fourth-order valence-electron chi connectivity index (χ4n) is 1.82. The van der Waals surface area contributed by atoms with E-state index >= 15 is 0 Å². The number of hydrogen-bond donors (Lipinski definition) is 2. The first-order valence-electron chi connectivity index (χ1n) is 5.94. The van der Waals surface area contributed by atoms with E-state index in [9.17, 15) is 0 Å². The molecule has 1 aliphatic heterocycles. The summed E-state index contributed by atoms with van der Waals surface area (Å²) in [7, 11) is 0. The SMILES string of the molecule is CCN1CCOC(CNC(C)CCO)C1. The van der Waals surface area contributed by atoms with Crippen LogP contribution in [-0.2, 0) is 4.74 Å². The molecule has 0 aromatic heterocycles. The van der Waals surface area contributed by atoms with Gasteiger partial charge in [0.25, 0.3) is 0 Å². The van der Waals surface area contributed by atoms with E-state index in [0.29, 0.717) is 12.1 Å². The van der Waals surface area contributed by atoms with Gasteiger partial charge in [-0.05, 0) is 19.9 Å². The molecule has 2 N–H and O–H groups in total. The highest BCUT2D eigenvalue weighted by Gasteiger charge is 2.19. The second kappa shape index (κ2) is 7.17. The largest absolute Gasteiger partial charge is 0.396 e. The van der Waals surface area contributed by atoms with Crippen molar-refractivity contribution >= 4 is 0 Å². The zero-order valence-electron chi connectivity index (χ0n) is 9.91. The first-order chi connectivity index (χ1) is 7.26. The molecule has 1 heterocycles. The summed E-state index contributed by atoms with van der Waals surface area (Å²) in [5, 5.41) is 12.2. The van der Waals surface area contributed by atoms with Crippen molar-refractivity contribution in [1.29, 1.82) is 0 Å². The molecule has 15 heavy (non-hydrogen) atoms. The van der Waals surface area contributed by atoms with E-state index in [1.807, 2.05) is 0 Å². The van der Waals surface area contributed by atoms with Crippen molar-refractivity contribution in [1.82, 2.24) is 10.2 Å². The number of aliphatic hydroxyl groups is 1. The van der Waals surface area contributed by atoms with Crippen molar-refractivity contribution in [3.8, 4) is 0 Å². The van der Waals surface area contributed by atoms with Crippen LogP contribution in [0.1, 0.15) is 20.3 Å². The summed E-state index contributed by atoms with van der Waals surface area (Å²) in [6.45, 7) is 9.44. The molecule has 2 atom stereocenters. The third kappa shape index (κ3) is 4.93. The summed E-state index contributed by atoms with van der Waals surface area (Å²) >= 11 is 0. The number of ether oxygens (including phenoxy) is 1. The number of likely N-dealkylation sites (N-methyl/N-ethyl adjacent to an activating group) is 1. The summed E-state index contributed by atoms with van der Waals surface area (Å²) in [5.74, 6) is 0. The van der Waals surface area contributed by atoms with Crippen LogP contribution in [0.5, 0.6) is 0 Å². The maximum Gasteiger partial charge on any atom is 0.0826 e. The average Bonchev–Trinajstić information content (AvgIpc) is 2.27. The third-order valence-electron chi connectivity index (χ3n) is 2.93. The lowest BCUT2D eigenvalue weighted by Crippen LogP contribution is -2.47. The van der Waals surface area contributed by atoms with Gasteiger partial charge in [-0.2, -0.15) is 0 Å². The molecule has 0 amide bonds. The Morgan fingerprint density at radius 3 is 3.07 bits per heavy atom. The van der Waals surface area contributed by atoms with Crippen LogP contribution in [0.25, 0.3) is 0 Å². The molecule has 1 saturated heterocycles. The molecule has 2 unspecified atom stereocenters. The standard InChI is InChI=1S/C11H24N2O2/c1-3-13-5-7-15-11(9-13)8-12-10(2)4-6-14/h10-12,14H,3-9H2,1-2H3. The van der Waals surface area contributed by atoms with E-state index in [2.05, 4.69) is 24.1 Å². The second-order valence-corrected chi connectivity index (χ2v) is 4.21. The van der Waals surface area contributed by atoms with Gasteiger partial charge in [0.15, 0.2) is 0 Å². The first-order valence-corrected chi connectivity index (χ1v) is 5.94. The highest BCUT2D eigenvalue weighted by atomic mass is 16.5. The van der Waals surface area contributed by atoms with Gasteiger partial charge < -0.3 is 15.2 Å². The van der Waals surface area contributed by atoms with Gasteiger partial charge in [-0.15, -0.1) is 0 Å². The number of aliphatic hydroxyl groups excluding tert-OH is 1. The van der Waals surface area contributed by atoms with Gasteiger partial charge in [-0.25, -0.2) is 0 Å². The van der Waals surface area contributed by atoms with Gasteiger partial charge in [-0.3, -0.25) is 4.90 Å². The van der Waals surface area contributed by atoms with E-state index in [1.54, 1.807) is 0 Å². The Balaban J connectivity index is 2.14. The molecule has 90 valence electrons. The second-order valence-electron chi connectivity index (χ2n) is 4.21. The minimum absolute atomic E-state index is 0.251. The van der Waals surface area contributed by atoms with Gasteiger partial charge in [-0.1, -0.05) is 6.92 Å². The molecule has 0 spiro atoms. The van der Waals surface area contributed by atoms with Crippen LogP contribution in [0.2, 0.25) is 0 Å². The van der Waals surface area contributed by atoms with Crippen molar-refractivity contribution in [2.24, 2.45) is 0 Å². The normalized spacial score (nSPS) is 25.4. The van der Waals surface area contributed by atoms with Crippen molar-refractivity contribution < 1.29 is 9.84 Å². The summed E-state index contributed by atoms with van der Waals surface area (Å²) in [6.07, 6.45) is 1.12. The Hall–Kier alpha value is -0.160. The molecule has 0 aliphatic carbocycles. The smallest absolute Gasteiger partial charge is 0.0826 e. The zero-order valence-corrected chi connectivity index (χ0v) is 9.91. The van der Waals surface area contributed by atoms with Crippen LogP contribution in [-0.4, -0.2) is 61.5 Å². The van der Waals surface area contributed by atoms with Gasteiger partial charge >= 0.3 is 0 Å². The highest BCUT2D eigenvalue weighted by Crippen LogP contribution is 2.04. The molecule has 4 heteroatoms. The predicted octanol–water partition coefficient (Wildman–Crippen LogP) is 0.0676. The van der Waals surface area contributed by atoms with E-state index in [0.717, 1.165) is 39.2 Å². The monoisotopic (exact) mass is 216 g/mol. The molecule has 0 aromatic rings. The van der Waals surface area contributed by atoms with Crippen LogP contribution >= 0.6 is 0 Å². The fraction of sp³-hybridized carbons (Fsp3) is 1.00. The molecule has 1 rings (SSSR count). The van der Waals surface area contributed by atoms with Crippen molar-refractivity contribution in [3.63, 3.8) is 0 Å². The van der Waals surface area contributed by atoms with E-state index in [1.165, 1.54) is 0 Å². The number of nitrogens with zero attached hydrogens (tertiary/aromatic N) is 1. The molecule has 0 radical (unpaired) electrons.